The number of methoxy groups -OCH3 is 1. The number of aryl methyl sites for hydroxylation is 1. The first-order valence-electron chi connectivity index (χ1n) is 11.7. The van der Waals surface area contributed by atoms with Crippen LogP contribution < -0.4 is 14.2 Å². The Morgan fingerprint density at radius 3 is 2.67 bits per heavy atom. The van der Waals surface area contributed by atoms with Gasteiger partial charge in [0.2, 0.25) is 5.89 Å². The number of carbonyl (C=O) groups excluding carboxylic acids is 1. The van der Waals surface area contributed by atoms with E-state index in [1.54, 1.807) is 19.4 Å². The van der Waals surface area contributed by atoms with Crippen molar-refractivity contribution in [3.8, 4) is 28.7 Å². The van der Waals surface area contributed by atoms with Crippen molar-refractivity contribution in [3.05, 3.63) is 60.0 Å². The van der Waals surface area contributed by atoms with Crippen LogP contribution in [0.4, 0.5) is 0 Å². The molecule has 2 aromatic carbocycles. The molecule has 6 nitrogen and oxygen atoms in total. The largest absolute Gasteiger partial charge is 0.493 e. The first-order valence-corrected chi connectivity index (χ1v) is 11.7. The van der Waals surface area contributed by atoms with Crippen LogP contribution in [0.5, 0.6) is 17.2 Å². The van der Waals surface area contributed by atoms with Crippen LogP contribution in [0.3, 0.4) is 0 Å². The van der Waals surface area contributed by atoms with Gasteiger partial charge in [-0.25, -0.2) is 4.98 Å². The molecular weight excluding hydrogens is 418 g/mol. The Labute approximate surface area is 194 Å². The molecule has 0 spiro atoms. The molecule has 6 heteroatoms. The summed E-state index contributed by atoms with van der Waals surface area (Å²) >= 11 is 0. The monoisotopic (exact) mass is 449 g/mol. The van der Waals surface area contributed by atoms with Gasteiger partial charge < -0.3 is 18.6 Å². The molecule has 1 aliphatic rings. The molecule has 4 rings (SSSR count). The van der Waals surface area contributed by atoms with Crippen LogP contribution >= 0.6 is 0 Å². The normalized spacial score (nSPS) is 13.8. The van der Waals surface area contributed by atoms with E-state index in [1.165, 1.54) is 25.7 Å². The summed E-state index contributed by atoms with van der Waals surface area (Å²) in [6, 6.07) is 13.0. The third-order valence-electron chi connectivity index (χ3n) is 6.01. The lowest BCUT2D eigenvalue weighted by Gasteiger charge is -2.14. The number of hydrogen-bond acceptors (Lipinski definition) is 6. The highest BCUT2D eigenvalue weighted by atomic mass is 16.5. The fraction of sp³-hybridized carbons (Fsp3) is 0.407. The van der Waals surface area contributed by atoms with Crippen molar-refractivity contribution < 1.29 is 23.4 Å². The van der Waals surface area contributed by atoms with Gasteiger partial charge in [-0.15, -0.1) is 0 Å². The Bertz CT molecular complexity index is 1070. The smallest absolute Gasteiger partial charge is 0.226 e. The van der Waals surface area contributed by atoms with Crippen LogP contribution in [0.2, 0.25) is 0 Å². The van der Waals surface area contributed by atoms with E-state index in [0.29, 0.717) is 60.7 Å². The average molecular weight is 450 g/mol. The highest BCUT2D eigenvalue weighted by Crippen LogP contribution is 2.34. The zero-order valence-electron chi connectivity index (χ0n) is 19.3. The average Bonchev–Trinajstić information content (AvgIpc) is 3.54. The maximum absolute atomic E-state index is 12.7. The predicted octanol–water partition coefficient (Wildman–Crippen LogP) is 6.13. The number of hydrogen-bond donors (Lipinski definition) is 0. The topological polar surface area (TPSA) is 70.8 Å². The summed E-state index contributed by atoms with van der Waals surface area (Å²) in [5.74, 6) is 3.15. The van der Waals surface area contributed by atoms with Crippen LogP contribution in [0, 0.1) is 5.92 Å². The molecule has 1 aliphatic carbocycles. The van der Waals surface area contributed by atoms with Gasteiger partial charge in [0, 0.05) is 18.4 Å². The van der Waals surface area contributed by atoms with Gasteiger partial charge in [0.05, 0.1) is 31.6 Å². The number of rotatable bonds is 11. The number of carbonyl (C=O) groups is 1. The van der Waals surface area contributed by atoms with Crippen LogP contribution in [0.15, 0.2) is 53.1 Å². The molecule has 0 atom stereocenters. The lowest BCUT2D eigenvalue weighted by Crippen LogP contribution is -2.08. The van der Waals surface area contributed by atoms with Gasteiger partial charge >= 0.3 is 0 Å². The van der Waals surface area contributed by atoms with Crippen molar-refractivity contribution in [2.24, 2.45) is 5.92 Å². The van der Waals surface area contributed by atoms with Crippen LogP contribution in [-0.2, 0) is 6.42 Å². The second kappa shape index (κ2) is 11.0. The number of ether oxygens (including phenoxy) is 3. The summed E-state index contributed by atoms with van der Waals surface area (Å²) in [6.07, 6.45) is 7.44. The molecule has 1 fully saturated rings. The molecule has 1 saturated carbocycles. The Balaban J connectivity index is 1.41. The minimum Gasteiger partial charge on any atom is -0.493 e. The summed E-state index contributed by atoms with van der Waals surface area (Å²) in [5.41, 5.74) is 2.15. The van der Waals surface area contributed by atoms with Gasteiger partial charge in [-0.3, -0.25) is 4.79 Å². The number of Topliss-reactive ketones (excluding diaryl/α,β-unsaturated/α-hetero) is 1. The number of aromatic nitrogens is 1. The van der Waals surface area contributed by atoms with Gasteiger partial charge in [0.15, 0.2) is 17.3 Å². The van der Waals surface area contributed by atoms with Crippen LogP contribution in [0.25, 0.3) is 11.5 Å². The standard InChI is InChI=1S/C27H31NO5/c1-3-31-24-11-7-6-10-22(24)23(29)14-13-21-18-33-27(28-21)20-12-15-25(30-2)26(16-20)32-17-19-8-4-5-9-19/h6-7,10-12,15-16,18-19H,3-5,8-9,13-14,17H2,1-2H3. The van der Waals surface area contributed by atoms with E-state index in [9.17, 15) is 4.79 Å². The first kappa shape index (κ1) is 22.9. The number of nitrogens with zero attached hydrogens (tertiary/aromatic N) is 1. The van der Waals surface area contributed by atoms with Crippen molar-refractivity contribution in [2.45, 2.75) is 45.4 Å². The summed E-state index contributed by atoms with van der Waals surface area (Å²) in [7, 11) is 1.64. The third-order valence-corrected chi connectivity index (χ3v) is 6.01. The second-order valence-corrected chi connectivity index (χ2v) is 8.32. The molecular formula is C27H31NO5. The number of ketones is 1. The predicted molar refractivity (Wildman–Crippen MR) is 126 cm³/mol. The van der Waals surface area contributed by atoms with E-state index >= 15 is 0 Å². The second-order valence-electron chi connectivity index (χ2n) is 8.32. The van der Waals surface area contributed by atoms with Crippen molar-refractivity contribution in [1.82, 2.24) is 4.98 Å². The van der Waals surface area contributed by atoms with Gasteiger partial charge in [0.1, 0.15) is 12.0 Å². The lowest BCUT2D eigenvalue weighted by atomic mass is 10.0. The van der Waals surface area contributed by atoms with Gasteiger partial charge in [-0.1, -0.05) is 25.0 Å². The molecule has 0 radical (unpaired) electrons. The molecule has 33 heavy (non-hydrogen) atoms. The summed E-state index contributed by atoms with van der Waals surface area (Å²) in [4.78, 5) is 17.3. The fourth-order valence-electron chi connectivity index (χ4n) is 4.22. The molecule has 0 bridgehead atoms. The summed E-state index contributed by atoms with van der Waals surface area (Å²) in [5, 5.41) is 0. The zero-order valence-corrected chi connectivity index (χ0v) is 19.3. The fourth-order valence-corrected chi connectivity index (χ4v) is 4.22. The maximum Gasteiger partial charge on any atom is 0.226 e. The molecule has 3 aromatic rings. The van der Waals surface area contributed by atoms with Crippen LogP contribution in [0.1, 0.15) is 55.1 Å². The van der Waals surface area contributed by atoms with Crippen molar-refractivity contribution in [1.29, 1.82) is 0 Å². The molecule has 0 saturated heterocycles. The molecule has 174 valence electrons. The quantitative estimate of drug-likeness (QED) is 0.328. The molecule has 0 amide bonds. The molecule has 0 unspecified atom stereocenters. The Morgan fingerprint density at radius 1 is 1.06 bits per heavy atom. The van der Waals surface area contributed by atoms with Crippen molar-refractivity contribution >= 4 is 5.78 Å². The highest BCUT2D eigenvalue weighted by Gasteiger charge is 2.18. The minimum atomic E-state index is 0.0237. The van der Waals surface area contributed by atoms with Gasteiger partial charge in [-0.2, -0.15) is 0 Å². The first-order chi connectivity index (χ1) is 16.2. The van der Waals surface area contributed by atoms with E-state index < -0.39 is 0 Å². The zero-order chi connectivity index (χ0) is 23.0. The van der Waals surface area contributed by atoms with E-state index in [0.717, 1.165) is 11.3 Å². The molecule has 0 aliphatic heterocycles. The minimum absolute atomic E-state index is 0.0237. The van der Waals surface area contributed by atoms with E-state index in [4.69, 9.17) is 18.6 Å². The Morgan fingerprint density at radius 2 is 1.88 bits per heavy atom. The molecule has 1 heterocycles. The summed E-state index contributed by atoms with van der Waals surface area (Å²) in [6.45, 7) is 3.12. The Kier molecular flexibility index (Phi) is 7.66. The number of oxazole rings is 1. The van der Waals surface area contributed by atoms with Crippen molar-refractivity contribution in [2.75, 3.05) is 20.3 Å². The SMILES string of the molecule is CCOc1ccccc1C(=O)CCc1coc(-c2ccc(OC)c(OCC3CCCC3)c2)n1. The number of para-hydroxylation sites is 1. The van der Waals surface area contributed by atoms with E-state index in [-0.39, 0.29) is 5.78 Å². The Hall–Kier alpha value is -3.28. The van der Waals surface area contributed by atoms with E-state index in [2.05, 4.69) is 4.98 Å². The summed E-state index contributed by atoms with van der Waals surface area (Å²) < 4.78 is 22.8. The number of benzene rings is 2. The molecule has 1 aromatic heterocycles. The van der Waals surface area contributed by atoms with Crippen LogP contribution in [-0.4, -0.2) is 31.1 Å². The third kappa shape index (κ3) is 5.75. The van der Waals surface area contributed by atoms with Crippen molar-refractivity contribution in [3.63, 3.8) is 0 Å². The van der Waals surface area contributed by atoms with Gasteiger partial charge in [0.25, 0.3) is 0 Å². The highest BCUT2D eigenvalue weighted by molar-refractivity contribution is 5.98. The molecule has 0 N–H and O–H groups in total. The van der Waals surface area contributed by atoms with E-state index in [1.807, 2.05) is 43.3 Å². The maximum atomic E-state index is 12.7. The lowest BCUT2D eigenvalue weighted by molar-refractivity contribution is 0.0979. The van der Waals surface area contributed by atoms with Gasteiger partial charge in [-0.05, 0) is 56.0 Å².